The molecular formula is C32H28Cl6N18S10. The summed E-state index contributed by atoms with van der Waals surface area (Å²) < 4.78 is 33.5. The van der Waals surface area contributed by atoms with Gasteiger partial charge in [0, 0.05) is 49.3 Å². The molecule has 8 aromatic heterocycles. The second-order valence-electron chi connectivity index (χ2n) is 13.0. The summed E-state index contributed by atoms with van der Waals surface area (Å²) in [6.45, 7) is 7.51. The first-order chi connectivity index (χ1) is 31.4. The first-order valence-electron chi connectivity index (χ1n) is 17.8. The molecule has 0 spiro atoms. The molecule has 0 unspecified atom stereocenters. The Labute approximate surface area is 443 Å². The molecule has 8 aromatic rings. The van der Waals surface area contributed by atoms with Crippen molar-refractivity contribution in [3.63, 3.8) is 0 Å². The molecule has 0 radical (unpaired) electrons. The van der Waals surface area contributed by atoms with Gasteiger partial charge < -0.3 is 11.5 Å². The molecule has 8 rings (SSSR count). The fraction of sp³-hybridized carbons (Fsp3) is 0.250. The molecule has 34 heteroatoms. The van der Waals surface area contributed by atoms with Crippen LogP contribution in [0.15, 0.2) is 29.1 Å². The van der Waals surface area contributed by atoms with E-state index in [1.807, 2.05) is 41.8 Å². The van der Waals surface area contributed by atoms with E-state index in [0.717, 1.165) is 65.2 Å². The van der Waals surface area contributed by atoms with Gasteiger partial charge in [-0.25, -0.2) is 19.3 Å². The zero-order valence-corrected chi connectivity index (χ0v) is 47.4. The van der Waals surface area contributed by atoms with Gasteiger partial charge in [0.2, 0.25) is 0 Å². The molecule has 0 saturated heterocycles. The number of halogens is 6. The molecule has 0 aliphatic heterocycles. The normalized spacial score (nSPS) is 13.9. The van der Waals surface area contributed by atoms with Gasteiger partial charge >= 0.3 is 0 Å². The Kier molecular flexibility index (Phi) is 17.4. The molecule has 0 aliphatic carbocycles. The third-order valence-electron chi connectivity index (χ3n) is 8.72. The molecule has 0 saturated carbocycles. The lowest BCUT2D eigenvalue weighted by molar-refractivity contribution is 0.767. The van der Waals surface area contributed by atoms with Crippen molar-refractivity contribution in [1.29, 1.82) is 0 Å². The molecular weight excluding hydrogens is 1170 g/mol. The summed E-state index contributed by atoms with van der Waals surface area (Å²) in [4.78, 5) is 11.6. The molecule has 18 nitrogen and oxygen atoms in total. The van der Waals surface area contributed by atoms with Crippen molar-refractivity contribution >= 4 is 232 Å². The van der Waals surface area contributed by atoms with E-state index in [1.165, 1.54) is 86.4 Å². The first kappa shape index (κ1) is 51.6. The van der Waals surface area contributed by atoms with Gasteiger partial charge in [-0.3, -0.25) is 9.36 Å². The topological polar surface area (TPSA) is 224 Å². The van der Waals surface area contributed by atoms with E-state index in [1.54, 1.807) is 32.8 Å². The Hall–Kier alpha value is -2.26. The first-order valence-corrected chi connectivity index (χ1v) is 30.1. The van der Waals surface area contributed by atoms with Crippen molar-refractivity contribution in [2.24, 2.45) is 47.0 Å². The molecule has 348 valence electrons. The lowest BCUT2D eigenvalue weighted by Gasteiger charge is -2.07. The van der Waals surface area contributed by atoms with Crippen LogP contribution in [0, 0.1) is 27.7 Å². The number of nitrogen functional groups attached to an aromatic ring is 2. The number of anilines is 2. The van der Waals surface area contributed by atoms with Crippen molar-refractivity contribution < 1.29 is 0 Å². The van der Waals surface area contributed by atoms with Gasteiger partial charge in [0.25, 0.3) is 0 Å². The van der Waals surface area contributed by atoms with E-state index < -0.39 is 0 Å². The van der Waals surface area contributed by atoms with Gasteiger partial charge in [0.15, 0.2) is 41.3 Å². The summed E-state index contributed by atoms with van der Waals surface area (Å²) in [6.07, 6.45) is 0. The van der Waals surface area contributed by atoms with Crippen molar-refractivity contribution in [3.8, 4) is 0 Å². The van der Waals surface area contributed by atoms with Gasteiger partial charge in [-0.1, -0.05) is 69.6 Å². The predicted octanol–water partition coefficient (Wildman–Crippen LogP) is 11.2. The minimum absolute atomic E-state index is 0.197. The lowest BCUT2D eigenvalue weighted by atomic mass is 10.2. The van der Waals surface area contributed by atoms with Crippen molar-refractivity contribution in [2.75, 3.05) is 11.5 Å². The highest BCUT2D eigenvalue weighted by atomic mass is 35.5. The summed E-state index contributed by atoms with van der Waals surface area (Å²) in [5.74, 6) is 0.903. The molecule has 0 atom stereocenters. The van der Waals surface area contributed by atoms with E-state index in [9.17, 15) is 0 Å². The maximum Gasteiger partial charge on any atom is 0.179 e. The third-order valence-corrected chi connectivity index (χ3v) is 20.2. The predicted molar refractivity (Wildman–Crippen MR) is 289 cm³/mol. The molecule has 0 aromatic carbocycles. The second-order valence-corrected chi connectivity index (χ2v) is 24.1. The molecule has 66 heavy (non-hydrogen) atoms. The SMILES string of the molecule is Cc1nn(C)c(N)c1/C(SS/N=C(\Cl)c1snc2c1c(C)nn2C)=C(Cl)\N=c1/ssnc1Cl.Cc1nn(C)c(N)c1/C(SS/N=C(\Cl)c1snc2c1c(C)nn2C)=C(Cl)\N=c1/ssnc1Cl. The molecule has 0 bridgehead atoms. The Bertz CT molecular complexity index is 3170. The number of nitrogens with two attached hydrogens (primary N) is 2. The fourth-order valence-corrected chi connectivity index (χ4v) is 16.9. The highest BCUT2D eigenvalue weighted by Crippen LogP contribution is 2.46. The van der Waals surface area contributed by atoms with E-state index >= 15 is 0 Å². The van der Waals surface area contributed by atoms with E-state index in [0.29, 0.717) is 63.6 Å². The van der Waals surface area contributed by atoms with E-state index in [2.05, 4.69) is 56.7 Å². The summed E-state index contributed by atoms with van der Waals surface area (Å²) in [7, 11) is 17.1. The summed E-state index contributed by atoms with van der Waals surface area (Å²) >= 11 is 41.1. The smallest absolute Gasteiger partial charge is 0.179 e. The van der Waals surface area contributed by atoms with Crippen LogP contribution >= 0.6 is 178 Å². The quantitative estimate of drug-likeness (QED) is 0.0502. The van der Waals surface area contributed by atoms with Gasteiger partial charge in [0.1, 0.15) is 21.9 Å². The Balaban J connectivity index is 0.000000196. The minimum atomic E-state index is 0.197. The lowest BCUT2D eigenvalue weighted by Crippen LogP contribution is -1.99. The van der Waals surface area contributed by atoms with Gasteiger partial charge in [-0.2, -0.15) is 46.7 Å². The number of nitrogens with zero attached hydrogens (tertiary/aromatic N) is 16. The van der Waals surface area contributed by atoms with Crippen LogP contribution < -0.4 is 20.8 Å². The fourth-order valence-electron chi connectivity index (χ4n) is 5.85. The number of rotatable bonds is 12. The highest BCUT2D eigenvalue weighted by molar-refractivity contribution is 8.80. The van der Waals surface area contributed by atoms with Gasteiger partial charge in [-0.15, -0.1) is 0 Å². The van der Waals surface area contributed by atoms with Crippen LogP contribution in [0.1, 0.15) is 43.7 Å². The van der Waals surface area contributed by atoms with E-state index in [-0.39, 0.29) is 20.6 Å². The highest BCUT2D eigenvalue weighted by Gasteiger charge is 2.24. The zero-order valence-electron chi connectivity index (χ0n) is 34.7. The van der Waals surface area contributed by atoms with Crippen LogP contribution in [0.4, 0.5) is 11.6 Å². The number of hydrogen-bond donors (Lipinski definition) is 2. The number of aromatic nitrogens is 12. The molecule has 8 heterocycles. The minimum Gasteiger partial charge on any atom is -0.383 e. The standard InChI is InChI=1S/2C16H14Cl3N9S5/c2*1-5-7(14(20)27(3)22-5)10(11(17)21-16-13(19)25-33-31-16)30-32-24-12(18)9-8-6(2)23-28(4)15(8)26-29-9/h2*20H2,1-4H3/b2*11-10+,21-16-,24-12-. The average Bonchev–Trinajstić information content (AvgIpc) is 4.15. The van der Waals surface area contributed by atoms with Crippen LogP contribution in [-0.4, -0.2) is 67.0 Å². The Morgan fingerprint density at radius 2 is 0.909 bits per heavy atom. The zero-order chi connectivity index (χ0) is 47.7. The molecule has 4 N–H and O–H groups in total. The summed E-state index contributed by atoms with van der Waals surface area (Å²) in [5, 5.41) is 20.9. The second kappa shape index (κ2) is 22.2. The van der Waals surface area contributed by atoms with Crippen molar-refractivity contribution in [1.82, 2.24) is 56.6 Å². The summed E-state index contributed by atoms with van der Waals surface area (Å²) in [5.41, 5.74) is 18.5. The number of fused-ring (bicyclic) bond motifs is 2. The van der Waals surface area contributed by atoms with Gasteiger partial charge in [0.05, 0.1) is 86.2 Å². The molecule has 0 fully saturated rings. The van der Waals surface area contributed by atoms with Crippen LogP contribution in [0.25, 0.3) is 31.9 Å². The largest absolute Gasteiger partial charge is 0.383 e. The van der Waals surface area contributed by atoms with Crippen LogP contribution in [0.3, 0.4) is 0 Å². The van der Waals surface area contributed by atoms with Crippen LogP contribution in [0.2, 0.25) is 10.3 Å². The Morgan fingerprint density at radius 3 is 1.23 bits per heavy atom. The van der Waals surface area contributed by atoms with Gasteiger partial charge in [-0.05, 0) is 93.0 Å². The average molecular weight is 1200 g/mol. The van der Waals surface area contributed by atoms with Crippen molar-refractivity contribution in [2.45, 2.75) is 27.7 Å². The molecule has 0 amide bonds. The summed E-state index contributed by atoms with van der Waals surface area (Å²) in [6, 6.07) is 0. The number of hydrogen-bond acceptors (Lipinski definition) is 24. The molecule has 0 aliphatic rings. The monoisotopic (exact) mass is 1190 g/mol. The Morgan fingerprint density at radius 1 is 0.545 bits per heavy atom. The maximum absolute atomic E-state index is 6.63. The maximum atomic E-state index is 6.63. The number of aryl methyl sites for hydroxylation is 8. The van der Waals surface area contributed by atoms with Crippen molar-refractivity contribution in [3.05, 3.63) is 73.6 Å². The van der Waals surface area contributed by atoms with Crippen LogP contribution in [-0.2, 0) is 28.2 Å². The van der Waals surface area contributed by atoms with Crippen LogP contribution in [0.5, 0.6) is 0 Å². The van der Waals surface area contributed by atoms with E-state index in [4.69, 9.17) is 81.1 Å². The third kappa shape index (κ3) is 11.0.